The summed E-state index contributed by atoms with van der Waals surface area (Å²) < 4.78 is 0. The molecule has 0 aliphatic rings. The van der Waals surface area contributed by atoms with Crippen LogP contribution in [0.5, 0.6) is 5.75 Å². The summed E-state index contributed by atoms with van der Waals surface area (Å²) in [5.74, 6) is 0.972. The van der Waals surface area contributed by atoms with Gasteiger partial charge in [0.25, 0.3) is 0 Å². The minimum Gasteiger partial charge on any atom is -0.505 e. The average molecular weight is 347 g/mol. The maximum absolute atomic E-state index is 10.9. The van der Waals surface area contributed by atoms with Gasteiger partial charge in [0, 0.05) is 28.2 Å². The van der Waals surface area contributed by atoms with Crippen molar-refractivity contribution in [1.29, 1.82) is 0 Å². The molecule has 1 unspecified atom stereocenters. The fraction of sp³-hybridized carbons (Fsp3) is 0.100. The van der Waals surface area contributed by atoms with Gasteiger partial charge in [0.15, 0.2) is 0 Å². The normalized spacial score (nSPS) is 12.2. The summed E-state index contributed by atoms with van der Waals surface area (Å²) in [5.41, 5.74) is 2.59. The molecule has 0 fully saturated rings. The number of aryl methyl sites for hydroxylation is 1. The summed E-state index contributed by atoms with van der Waals surface area (Å²) in [4.78, 5) is 9.87. The van der Waals surface area contributed by atoms with Gasteiger partial charge in [0.2, 0.25) is 0 Å². The molecule has 4 rings (SSSR count). The van der Waals surface area contributed by atoms with E-state index in [1.807, 2.05) is 42.5 Å². The summed E-state index contributed by atoms with van der Waals surface area (Å²) in [7, 11) is 0. The van der Waals surface area contributed by atoms with E-state index in [9.17, 15) is 5.11 Å². The molecule has 2 N–H and O–H groups in total. The van der Waals surface area contributed by atoms with Crippen LogP contribution in [0.4, 0.5) is 5.82 Å². The zero-order valence-corrected chi connectivity index (χ0v) is 14.5. The van der Waals surface area contributed by atoms with Crippen LogP contribution >= 0.6 is 11.3 Å². The second-order valence-corrected chi connectivity index (χ2v) is 6.79. The SMILES string of the molecule is Cc1ccsc1C(Nc1ccccn1)c1ccc2cccnc2c1O. The first-order chi connectivity index (χ1) is 12.2. The van der Waals surface area contributed by atoms with Gasteiger partial charge in [0.05, 0.1) is 6.04 Å². The molecule has 0 amide bonds. The van der Waals surface area contributed by atoms with E-state index in [-0.39, 0.29) is 11.8 Å². The van der Waals surface area contributed by atoms with Gasteiger partial charge in [-0.15, -0.1) is 11.3 Å². The van der Waals surface area contributed by atoms with Gasteiger partial charge in [-0.25, -0.2) is 4.98 Å². The number of fused-ring (bicyclic) bond motifs is 1. The number of nitrogens with one attached hydrogen (secondary N) is 1. The van der Waals surface area contributed by atoms with Crippen LogP contribution in [0.15, 0.2) is 66.3 Å². The molecule has 4 aromatic rings. The van der Waals surface area contributed by atoms with Crippen LogP contribution in [0.1, 0.15) is 22.0 Å². The van der Waals surface area contributed by atoms with Crippen molar-refractivity contribution in [3.63, 3.8) is 0 Å². The standard InChI is InChI=1S/C20H17N3OS/c1-13-9-12-25-20(13)18(23-16-6-2-3-10-21-16)15-8-7-14-5-4-11-22-17(14)19(15)24/h2-12,18,24H,1H3,(H,21,23). The second kappa shape index (κ2) is 6.53. The number of phenols is 1. The van der Waals surface area contributed by atoms with Crippen LogP contribution in [-0.2, 0) is 0 Å². The highest BCUT2D eigenvalue weighted by Gasteiger charge is 2.22. The molecule has 124 valence electrons. The number of hydrogen-bond acceptors (Lipinski definition) is 5. The summed E-state index contributed by atoms with van der Waals surface area (Å²) in [6, 6.07) is 15.4. The zero-order valence-electron chi connectivity index (χ0n) is 13.7. The summed E-state index contributed by atoms with van der Waals surface area (Å²) in [6.07, 6.45) is 3.45. The van der Waals surface area contributed by atoms with E-state index in [0.29, 0.717) is 5.52 Å². The first-order valence-electron chi connectivity index (χ1n) is 8.02. The molecule has 3 heterocycles. The Bertz CT molecular complexity index is 1010. The number of aromatic nitrogens is 2. The van der Waals surface area contributed by atoms with Gasteiger partial charge in [-0.05, 0) is 42.1 Å². The molecule has 1 aromatic carbocycles. The molecule has 0 aliphatic heterocycles. The first kappa shape index (κ1) is 15.6. The van der Waals surface area contributed by atoms with E-state index in [2.05, 4.69) is 33.7 Å². The van der Waals surface area contributed by atoms with E-state index in [4.69, 9.17) is 0 Å². The number of benzene rings is 1. The van der Waals surface area contributed by atoms with E-state index in [1.54, 1.807) is 23.7 Å². The van der Waals surface area contributed by atoms with Crippen molar-refractivity contribution in [2.24, 2.45) is 0 Å². The summed E-state index contributed by atoms with van der Waals surface area (Å²) >= 11 is 1.66. The highest BCUT2D eigenvalue weighted by atomic mass is 32.1. The monoisotopic (exact) mass is 347 g/mol. The zero-order chi connectivity index (χ0) is 17.2. The largest absolute Gasteiger partial charge is 0.505 e. The maximum atomic E-state index is 10.9. The number of phenolic OH excluding ortho intramolecular Hbond substituents is 1. The molecule has 0 radical (unpaired) electrons. The highest BCUT2D eigenvalue weighted by Crippen LogP contribution is 2.38. The van der Waals surface area contributed by atoms with Gasteiger partial charge in [-0.1, -0.05) is 24.3 Å². The number of thiophene rings is 1. The molecule has 0 saturated heterocycles. The highest BCUT2D eigenvalue weighted by molar-refractivity contribution is 7.10. The van der Waals surface area contributed by atoms with Crippen LogP contribution in [0.25, 0.3) is 10.9 Å². The van der Waals surface area contributed by atoms with Crippen molar-refractivity contribution in [2.45, 2.75) is 13.0 Å². The summed E-state index contributed by atoms with van der Waals surface area (Å²) in [6.45, 7) is 2.08. The lowest BCUT2D eigenvalue weighted by Crippen LogP contribution is -2.13. The molecule has 0 saturated carbocycles. The van der Waals surface area contributed by atoms with Gasteiger partial charge in [-0.3, -0.25) is 4.98 Å². The fourth-order valence-electron chi connectivity index (χ4n) is 2.94. The van der Waals surface area contributed by atoms with Gasteiger partial charge in [0.1, 0.15) is 17.1 Å². The Balaban J connectivity index is 1.86. The number of hydrogen-bond donors (Lipinski definition) is 2. The fourth-order valence-corrected chi connectivity index (χ4v) is 3.93. The third kappa shape index (κ3) is 2.94. The third-order valence-electron chi connectivity index (χ3n) is 4.21. The molecule has 5 heteroatoms. The van der Waals surface area contributed by atoms with Crippen molar-refractivity contribution < 1.29 is 5.11 Å². The smallest absolute Gasteiger partial charge is 0.147 e. The van der Waals surface area contributed by atoms with E-state index in [1.165, 1.54) is 5.56 Å². The lowest BCUT2D eigenvalue weighted by atomic mass is 9.99. The number of pyridine rings is 2. The Labute approximate surface area is 149 Å². The van der Waals surface area contributed by atoms with Gasteiger partial charge >= 0.3 is 0 Å². The number of aromatic hydroxyl groups is 1. The van der Waals surface area contributed by atoms with Crippen molar-refractivity contribution in [1.82, 2.24) is 9.97 Å². The number of rotatable bonds is 4. The minimum absolute atomic E-state index is 0.193. The molecule has 4 nitrogen and oxygen atoms in total. The predicted molar refractivity (Wildman–Crippen MR) is 102 cm³/mol. The topological polar surface area (TPSA) is 58.0 Å². The summed E-state index contributed by atoms with van der Waals surface area (Å²) in [5, 5.41) is 17.3. The predicted octanol–water partition coefficient (Wildman–Crippen LogP) is 4.91. The van der Waals surface area contributed by atoms with Gasteiger partial charge < -0.3 is 10.4 Å². The average Bonchev–Trinajstić information content (AvgIpc) is 3.07. The number of nitrogens with zero attached hydrogens (tertiary/aromatic N) is 2. The van der Waals surface area contributed by atoms with Crippen molar-refractivity contribution in [3.8, 4) is 5.75 Å². The lowest BCUT2D eigenvalue weighted by Gasteiger charge is -2.21. The molecule has 1 atom stereocenters. The van der Waals surface area contributed by atoms with Crippen LogP contribution in [-0.4, -0.2) is 15.1 Å². The molecule has 3 aromatic heterocycles. The lowest BCUT2D eigenvalue weighted by molar-refractivity contribution is 0.472. The second-order valence-electron chi connectivity index (χ2n) is 5.84. The van der Waals surface area contributed by atoms with E-state index in [0.717, 1.165) is 21.6 Å². The Morgan fingerprint density at radius 2 is 1.88 bits per heavy atom. The molecule has 25 heavy (non-hydrogen) atoms. The maximum Gasteiger partial charge on any atom is 0.147 e. The van der Waals surface area contributed by atoms with Crippen molar-refractivity contribution >= 4 is 28.1 Å². The van der Waals surface area contributed by atoms with Gasteiger partial charge in [-0.2, -0.15) is 0 Å². The third-order valence-corrected chi connectivity index (χ3v) is 5.29. The van der Waals surface area contributed by atoms with Crippen molar-refractivity contribution in [2.75, 3.05) is 5.32 Å². The van der Waals surface area contributed by atoms with Crippen molar-refractivity contribution in [3.05, 3.63) is 82.3 Å². The minimum atomic E-state index is -0.193. The molecular formula is C20H17N3OS. The molecule has 0 bridgehead atoms. The molecule has 0 aliphatic carbocycles. The van der Waals surface area contributed by atoms with Crippen LogP contribution in [0.3, 0.4) is 0 Å². The number of anilines is 1. The Hall–Kier alpha value is -2.92. The van der Waals surface area contributed by atoms with E-state index < -0.39 is 0 Å². The first-order valence-corrected chi connectivity index (χ1v) is 8.90. The van der Waals surface area contributed by atoms with Crippen LogP contribution in [0, 0.1) is 6.92 Å². The Morgan fingerprint density at radius 3 is 2.64 bits per heavy atom. The Morgan fingerprint density at radius 1 is 1.00 bits per heavy atom. The van der Waals surface area contributed by atoms with E-state index >= 15 is 0 Å². The van der Waals surface area contributed by atoms with Crippen LogP contribution < -0.4 is 5.32 Å². The quantitative estimate of drug-likeness (QED) is 0.551. The Kier molecular flexibility index (Phi) is 4.07. The molecular weight excluding hydrogens is 330 g/mol. The van der Waals surface area contributed by atoms with Crippen LogP contribution in [0.2, 0.25) is 0 Å². The molecule has 0 spiro atoms.